The van der Waals surface area contributed by atoms with Gasteiger partial charge in [0, 0.05) is 69.2 Å². The van der Waals surface area contributed by atoms with Gasteiger partial charge in [-0.15, -0.1) is 0 Å². The molecule has 5 rings (SSSR count). The molecule has 3 amide bonds. The van der Waals surface area contributed by atoms with Crippen LogP contribution in [-0.4, -0.2) is 115 Å². The molecule has 1 aliphatic carbocycles. The second-order valence-corrected chi connectivity index (χ2v) is 11.2. The lowest BCUT2D eigenvalue weighted by atomic mass is 10.0. The van der Waals surface area contributed by atoms with Gasteiger partial charge < -0.3 is 30.5 Å². The number of piperidine rings is 1. The number of carbonyl (C=O) groups is 3. The van der Waals surface area contributed by atoms with Gasteiger partial charge in [0.15, 0.2) is 11.5 Å². The molecule has 1 aromatic heterocycles. The van der Waals surface area contributed by atoms with Crippen molar-refractivity contribution in [3.05, 3.63) is 53.9 Å². The highest BCUT2D eigenvalue weighted by Crippen LogP contribution is 2.26. The van der Waals surface area contributed by atoms with Gasteiger partial charge in [-0.05, 0) is 57.0 Å². The topological polar surface area (TPSA) is 137 Å². The quantitative estimate of drug-likeness (QED) is 0.406. The summed E-state index contributed by atoms with van der Waals surface area (Å²) >= 11 is 0. The van der Waals surface area contributed by atoms with E-state index in [-0.39, 0.29) is 29.4 Å². The van der Waals surface area contributed by atoms with Crippen LogP contribution in [0, 0.1) is 0 Å². The van der Waals surface area contributed by atoms with Crippen LogP contribution in [0.4, 0.5) is 17.3 Å². The molecule has 12 nitrogen and oxygen atoms in total. The standard InChI is InChI=1S/C30H40N8O4/c1-35(23-11-12-23)13-4-6-26(39)38-14-3-5-24(20-38)36(2)25-19-32-27(28(31)40)29(34-25)33-22-9-7-21(8-10-22)30(41)37-15-17-42-18-16-37/h4,6-10,19,23-24H,3,5,11-18,20H2,1-2H3,(H2,31,40)(H,33,34)/b6-4+. The van der Waals surface area contributed by atoms with Crippen molar-refractivity contribution in [1.29, 1.82) is 0 Å². The van der Waals surface area contributed by atoms with Crippen LogP contribution in [0.5, 0.6) is 0 Å². The number of ether oxygens (including phenoxy) is 1. The van der Waals surface area contributed by atoms with Gasteiger partial charge in [-0.2, -0.15) is 0 Å². The molecule has 224 valence electrons. The number of rotatable bonds is 10. The fourth-order valence-corrected chi connectivity index (χ4v) is 5.35. The van der Waals surface area contributed by atoms with Gasteiger partial charge in [0.05, 0.1) is 19.4 Å². The van der Waals surface area contributed by atoms with Crippen LogP contribution in [0.25, 0.3) is 0 Å². The number of morpholine rings is 1. The minimum absolute atomic E-state index is 0.0161. The van der Waals surface area contributed by atoms with Crippen LogP contribution in [0.2, 0.25) is 0 Å². The van der Waals surface area contributed by atoms with Crippen molar-refractivity contribution in [2.75, 3.05) is 70.2 Å². The van der Waals surface area contributed by atoms with Crippen molar-refractivity contribution in [3.8, 4) is 0 Å². The maximum atomic E-state index is 12.9. The van der Waals surface area contributed by atoms with Crippen molar-refractivity contribution in [2.24, 2.45) is 5.73 Å². The number of hydrogen-bond donors (Lipinski definition) is 2. The van der Waals surface area contributed by atoms with E-state index in [1.807, 2.05) is 22.9 Å². The van der Waals surface area contributed by atoms with Crippen molar-refractivity contribution in [3.63, 3.8) is 0 Å². The number of primary amides is 1. The van der Waals surface area contributed by atoms with E-state index < -0.39 is 5.91 Å². The van der Waals surface area contributed by atoms with Gasteiger partial charge >= 0.3 is 0 Å². The number of carbonyl (C=O) groups excluding carboxylic acids is 3. The maximum Gasteiger partial charge on any atom is 0.271 e. The fourth-order valence-electron chi connectivity index (χ4n) is 5.35. The second kappa shape index (κ2) is 13.3. The van der Waals surface area contributed by atoms with E-state index in [0.29, 0.717) is 56.0 Å². The predicted molar refractivity (Wildman–Crippen MR) is 160 cm³/mol. The minimum Gasteiger partial charge on any atom is -0.378 e. The predicted octanol–water partition coefficient (Wildman–Crippen LogP) is 1.87. The molecule has 12 heteroatoms. The molecule has 3 N–H and O–H groups in total. The summed E-state index contributed by atoms with van der Waals surface area (Å²) in [6.45, 7) is 4.27. The smallest absolute Gasteiger partial charge is 0.271 e. The highest BCUT2D eigenvalue weighted by Gasteiger charge is 2.28. The van der Waals surface area contributed by atoms with Crippen LogP contribution in [-0.2, 0) is 9.53 Å². The molecule has 1 saturated carbocycles. The van der Waals surface area contributed by atoms with Crippen molar-refractivity contribution >= 4 is 35.0 Å². The summed E-state index contributed by atoms with van der Waals surface area (Å²) in [7, 11) is 4.01. The summed E-state index contributed by atoms with van der Waals surface area (Å²) in [4.78, 5) is 54.8. The first-order valence-electron chi connectivity index (χ1n) is 14.6. The fraction of sp³-hybridized carbons (Fsp3) is 0.500. The molecule has 42 heavy (non-hydrogen) atoms. The Hall–Kier alpha value is -4.03. The van der Waals surface area contributed by atoms with E-state index in [2.05, 4.69) is 22.2 Å². The zero-order chi connectivity index (χ0) is 29.6. The van der Waals surface area contributed by atoms with Crippen LogP contribution in [0.15, 0.2) is 42.6 Å². The number of aromatic nitrogens is 2. The third-order valence-electron chi connectivity index (χ3n) is 8.13. The summed E-state index contributed by atoms with van der Waals surface area (Å²) < 4.78 is 5.33. The van der Waals surface area contributed by atoms with Crippen LogP contribution < -0.4 is 16.0 Å². The number of amides is 3. The van der Waals surface area contributed by atoms with E-state index in [1.165, 1.54) is 19.0 Å². The first kappa shape index (κ1) is 29.5. The Morgan fingerprint density at radius 1 is 1.05 bits per heavy atom. The molecule has 0 radical (unpaired) electrons. The molecule has 1 aromatic carbocycles. The summed E-state index contributed by atoms with van der Waals surface area (Å²) in [5.41, 5.74) is 6.83. The summed E-state index contributed by atoms with van der Waals surface area (Å²) in [5, 5.41) is 3.15. The molecule has 2 saturated heterocycles. The van der Waals surface area contributed by atoms with Crippen molar-refractivity contribution < 1.29 is 19.1 Å². The second-order valence-electron chi connectivity index (χ2n) is 11.2. The Bertz CT molecular complexity index is 1310. The lowest BCUT2D eigenvalue weighted by molar-refractivity contribution is -0.127. The van der Waals surface area contributed by atoms with E-state index in [4.69, 9.17) is 15.5 Å². The van der Waals surface area contributed by atoms with E-state index in [1.54, 1.807) is 35.2 Å². The molecule has 2 aliphatic heterocycles. The molecule has 3 heterocycles. The zero-order valence-corrected chi connectivity index (χ0v) is 24.4. The van der Waals surface area contributed by atoms with Crippen LogP contribution in [0.1, 0.15) is 46.5 Å². The Kier molecular flexibility index (Phi) is 9.33. The monoisotopic (exact) mass is 576 g/mol. The molecule has 2 aromatic rings. The normalized spacial score (nSPS) is 19.3. The first-order valence-corrected chi connectivity index (χ1v) is 14.6. The number of likely N-dealkylation sites (tertiary alicyclic amines) is 1. The first-order chi connectivity index (χ1) is 20.3. The van der Waals surface area contributed by atoms with Gasteiger partial charge in [-0.3, -0.25) is 19.3 Å². The zero-order valence-electron chi connectivity index (χ0n) is 24.4. The molecule has 1 atom stereocenters. The number of benzene rings is 1. The highest BCUT2D eigenvalue weighted by atomic mass is 16.5. The Morgan fingerprint density at radius 2 is 1.79 bits per heavy atom. The Balaban J connectivity index is 1.24. The van der Waals surface area contributed by atoms with Gasteiger partial charge in [0.2, 0.25) is 5.91 Å². The summed E-state index contributed by atoms with van der Waals surface area (Å²) in [5.74, 6) is 0.0532. The Morgan fingerprint density at radius 3 is 2.48 bits per heavy atom. The van der Waals surface area contributed by atoms with Crippen LogP contribution in [0.3, 0.4) is 0 Å². The maximum absolute atomic E-state index is 12.9. The SMILES string of the molecule is CN(C/C=C/C(=O)N1CCCC(N(C)c2cnc(C(N)=O)c(Nc3ccc(C(=O)N4CCOCC4)cc3)n2)C1)C1CC1. The van der Waals surface area contributed by atoms with Crippen molar-refractivity contribution in [2.45, 2.75) is 37.8 Å². The molecule has 3 fully saturated rings. The van der Waals surface area contributed by atoms with Gasteiger partial charge in [-0.1, -0.05) is 6.08 Å². The molecular formula is C30H40N8O4. The van der Waals surface area contributed by atoms with Crippen LogP contribution >= 0.6 is 0 Å². The van der Waals surface area contributed by atoms with Gasteiger partial charge in [0.25, 0.3) is 11.8 Å². The van der Waals surface area contributed by atoms with Gasteiger partial charge in [0.1, 0.15) is 5.82 Å². The number of nitrogens with one attached hydrogen (secondary N) is 1. The molecule has 3 aliphatic rings. The Labute approximate surface area is 246 Å². The van der Waals surface area contributed by atoms with Gasteiger partial charge in [-0.25, -0.2) is 9.97 Å². The number of anilines is 3. The lowest BCUT2D eigenvalue weighted by Gasteiger charge is -2.37. The molecule has 1 unspecified atom stereocenters. The summed E-state index contributed by atoms with van der Waals surface area (Å²) in [6, 6.07) is 7.69. The highest BCUT2D eigenvalue weighted by molar-refractivity contribution is 5.97. The minimum atomic E-state index is -0.702. The van der Waals surface area contributed by atoms with E-state index >= 15 is 0 Å². The van der Waals surface area contributed by atoms with E-state index in [9.17, 15) is 14.4 Å². The number of likely N-dealkylation sites (N-methyl/N-ethyl adjacent to an activating group) is 2. The largest absolute Gasteiger partial charge is 0.378 e. The third kappa shape index (κ3) is 7.24. The molecule has 0 spiro atoms. The molecule has 0 bridgehead atoms. The third-order valence-corrected chi connectivity index (χ3v) is 8.13. The number of nitrogens with two attached hydrogens (primary N) is 1. The van der Waals surface area contributed by atoms with E-state index in [0.717, 1.165) is 25.9 Å². The lowest BCUT2D eigenvalue weighted by Crippen LogP contribution is -2.48. The number of hydrogen-bond acceptors (Lipinski definition) is 9. The average Bonchev–Trinajstić information content (AvgIpc) is 3.87. The molecular weight excluding hydrogens is 536 g/mol. The van der Waals surface area contributed by atoms with Crippen molar-refractivity contribution in [1.82, 2.24) is 24.7 Å². The number of nitrogens with zero attached hydrogens (tertiary/aromatic N) is 6. The summed E-state index contributed by atoms with van der Waals surface area (Å²) in [6.07, 6.45) is 9.42. The average molecular weight is 577 g/mol.